The largest absolute Gasteiger partial charge is 0.207 e. The molecule has 0 heterocycles. The van der Waals surface area contributed by atoms with Gasteiger partial charge < -0.3 is 0 Å². The highest BCUT2D eigenvalue weighted by molar-refractivity contribution is 9.10. The van der Waals surface area contributed by atoms with Gasteiger partial charge in [-0.25, -0.2) is 4.39 Å². The first-order valence-electron chi connectivity index (χ1n) is 4.48. The summed E-state index contributed by atoms with van der Waals surface area (Å²) in [7, 11) is 0. The van der Waals surface area contributed by atoms with Crippen molar-refractivity contribution >= 4 is 39.1 Å². The summed E-state index contributed by atoms with van der Waals surface area (Å²) in [6.07, 6.45) is 0. The molecule has 16 heavy (non-hydrogen) atoms. The Morgan fingerprint density at radius 2 is 1.56 bits per heavy atom. The fraction of sp³-hybridized carbons (Fsp3) is 0. The molecule has 0 amide bonds. The lowest BCUT2D eigenvalue weighted by Crippen LogP contribution is -1.82. The van der Waals surface area contributed by atoms with Crippen molar-refractivity contribution in [1.82, 2.24) is 0 Å². The monoisotopic (exact) mass is 318 g/mol. The highest BCUT2D eigenvalue weighted by atomic mass is 79.9. The minimum atomic E-state index is -0.275. The third kappa shape index (κ3) is 2.40. The minimum absolute atomic E-state index is 0.275. The van der Waals surface area contributed by atoms with Crippen LogP contribution in [0.2, 0.25) is 10.0 Å². The molecule has 0 saturated carbocycles. The predicted octanol–water partition coefficient (Wildman–Crippen LogP) is 5.56. The maximum Gasteiger partial charge on any atom is 0.123 e. The maximum atomic E-state index is 12.8. The van der Waals surface area contributed by atoms with E-state index in [1.807, 2.05) is 0 Å². The lowest BCUT2D eigenvalue weighted by molar-refractivity contribution is 0.628. The molecule has 0 nitrogen and oxygen atoms in total. The lowest BCUT2D eigenvalue weighted by Gasteiger charge is -2.06. The van der Waals surface area contributed by atoms with Gasteiger partial charge >= 0.3 is 0 Å². The summed E-state index contributed by atoms with van der Waals surface area (Å²) in [5, 5.41) is 1.15. The Morgan fingerprint density at radius 3 is 2.19 bits per heavy atom. The predicted molar refractivity (Wildman–Crippen MR) is 69.6 cm³/mol. The quantitative estimate of drug-likeness (QED) is 0.603. The van der Waals surface area contributed by atoms with E-state index < -0.39 is 0 Å². The second kappa shape index (κ2) is 4.74. The van der Waals surface area contributed by atoms with Crippen molar-refractivity contribution in [1.29, 1.82) is 0 Å². The van der Waals surface area contributed by atoms with E-state index in [-0.39, 0.29) is 5.82 Å². The smallest absolute Gasteiger partial charge is 0.123 e. The Balaban J connectivity index is 2.56. The van der Waals surface area contributed by atoms with E-state index in [1.54, 1.807) is 24.3 Å². The molecule has 82 valence electrons. The minimum Gasteiger partial charge on any atom is -0.207 e. The SMILES string of the molecule is Fc1ccc(-c2cc(Cl)c(Br)cc2Cl)cc1. The van der Waals surface area contributed by atoms with E-state index in [0.717, 1.165) is 15.6 Å². The number of hydrogen-bond donors (Lipinski definition) is 0. The van der Waals surface area contributed by atoms with Crippen LogP contribution in [0.5, 0.6) is 0 Å². The zero-order valence-electron chi connectivity index (χ0n) is 7.98. The van der Waals surface area contributed by atoms with Crippen LogP contribution in [0.15, 0.2) is 40.9 Å². The van der Waals surface area contributed by atoms with Crippen LogP contribution in [0.25, 0.3) is 11.1 Å². The standard InChI is InChI=1S/C12H6BrCl2F/c13-10-6-11(14)9(5-12(10)15)7-1-3-8(16)4-2-7/h1-6H. The van der Waals surface area contributed by atoms with Crippen LogP contribution < -0.4 is 0 Å². The highest BCUT2D eigenvalue weighted by Crippen LogP contribution is 2.35. The molecule has 2 aromatic carbocycles. The van der Waals surface area contributed by atoms with Crippen molar-refractivity contribution in [2.24, 2.45) is 0 Å². The molecule has 0 aliphatic heterocycles. The van der Waals surface area contributed by atoms with Gasteiger partial charge in [-0.15, -0.1) is 0 Å². The van der Waals surface area contributed by atoms with Crippen molar-refractivity contribution in [3.8, 4) is 11.1 Å². The number of hydrogen-bond acceptors (Lipinski definition) is 0. The number of rotatable bonds is 1. The summed E-state index contributed by atoms with van der Waals surface area (Å²) in [5.74, 6) is -0.275. The molecule has 0 aromatic heterocycles. The molecule has 0 saturated heterocycles. The van der Waals surface area contributed by atoms with Crippen LogP contribution in [-0.2, 0) is 0 Å². The summed E-state index contributed by atoms with van der Waals surface area (Å²) in [4.78, 5) is 0. The Labute approximate surface area is 111 Å². The van der Waals surface area contributed by atoms with Crippen LogP contribution in [0.4, 0.5) is 4.39 Å². The molecule has 2 aromatic rings. The van der Waals surface area contributed by atoms with Crippen molar-refractivity contribution in [3.05, 3.63) is 56.7 Å². The van der Waals surface area contributed by atoms with Crippen molar-refractivity contribution in [3.63, 3.8) is 0 Å². The molecule has 0 aliphatic carbocycles. The van der Waals surface area contributed by atoms with E-state index in [2.05, 4.69) is 15.9 Å². The molecule has 0 radical (unpaired) electrons. The molecule has 2 rings (SSSR count). The van der Waals surface area contributed by atoms with Gasteiger partial charge in [0, 0.05) is 15.1 Å². The average molecular weight is 320 g/mol. The molecule has 0 N–H and O–H groups in total. The summed E-state index contributed by atoms with van der Waals surface area (Å²) in [6, 6.07) is 9.59. The van der Waals surface area contributed by atoms with Gasteiger partial charge in [-0.05, 0) is 45.8 Å². The lowest BCUT2D eigenvalue weighted by atomic mass is 10.1. The Bertz CT molecular complexity index is 523. The second-order valence-corrected chi connectivity index (χ2v) is 4.92. The normalized spacial score (nSPS) is 10.5. The first-order chi connectivity index (χ1) is 7.58. The molecule has 0 atom stereocenters. The van der Waals surface area contributed by atoms with E-state index in [4.69, 9.17) is 23.2 Å². The summed E-state index contributed by atoms with van der Waals surface area (Å²) >= 11 is 15.4. The molecule has 0 bridgehead atoms. The van der Waals surface area contributed by atoms with Gasteiger partial charge in [0.25, 0.3) is 0 Å². The van der Waals surface area contributed by atoms with Crippen LogP contribution in [0.3, 0.4) is 0 Å². The third-order valence-corrected chi connectivity index (χ3v) is 3.67. The van der Waals surface area contributed by atoms with E-state index in [9.17, 15) is 4.39 Å². The van der Waals surface area contributed by atoms with Crippen LogP contribution >= 0.6 is 39.1 Å². The fourth-order valence-corrected chi connectivity index (χ4v) is 2.28. The topological polar surface area (TPSA) is 0 Å². The highest BCUT2D eigenvalue weighted by Gasteiger charge is 2.07. The summed E-state index contributed by atoms with van der Waals surface area (Å²) in [6.45, 7) is 0. The maximum absolute atomic E-state index is 12.8. The first kappa shape index (κ1) is 11.9. The number of benzene rings is 2. The fourth-order valence-electron chi connectivity index (χ4n) is 1.37. The van der Waals surface area contributed by atoms with Gasteiger partial charge in [0.2, 0.25) is 0 Å². The van der Waals surface area contributed by atoms with E-state index >= 15 is 0 Å². The van der Waals surface area contributed by atoms with Gasteiger partial charge in [0.15, 0.2) is 0 Å². The molecule has 4 heteroatoms. The van der Waals surface area contributed by atoms with Crippen LogP contribution in [-0.4, -0.2) is 0 Å². The molecular formula is C12H6BrCl2F. The van der Waals surface area contributed by atoms with Crippen LogP contribution in [0, 0.1) is 5.82 Å². The molecule has 0 spiro atoms. The van der Waals surface area contributed by atoms with Crippen molar-refractivity contribution in [2.75, 3.05) is 0 Å². The van der Waals surface area contributed by atoms with Crippen LogP contribution in [0.1, 0.15) is 0 Å². The zero-order chi connectivity index (χ0) is 11.7. The van der Waals surface area contributed by atoms with Gasteiger partial charge in [-0.2, -0.15) is 0 Å². The summed E-state index contributed by atoms with van der Waals surface area (Å²) in [5.41, 5.74) is 1.62. The van der Waals surface area contributed by atoms with Gasteiger partial charge in [-0.1, -0.05) is 35.3 Å². The second-order valence-electron chi connectivity index (χ2n) is 3.25. The van der Waals surface area contributed by atoms with E-state index in [0.29, 0.717) is 10.0 Å². The Morgan fingerprint density at radius 1 is 0.938 bits per heavy atom. The average Bonchev–Trinajstić information content (AvgIpc) is 2.25. The molecule has 0 fully saturated rings. The zero-order valence-corrected chi connectivity index (χ0v) is 11.1. The molecule has 0 unspecified atom stereocenters. The Kier molecular flexibility index (Phi) is 3.53. The number of halogens is 4. The van der Waals surface area contributed by atoms with Gasteiger partial charge in [-0.3, -0.25) is 0 Å². The van der Waals surface area contributed by atoms with E-state index in [1.165, 1.54) is 12.1 Å². The molecular weight excluding hydrogens is 314 g/mol. The third-order valence-electron chi connectivity index (χ3n) is 2.17. The van der Waals surface area contributed by atoms with Crippen molar-refractivity contribution < 1.29 is 4.39 Å². The van der Waals surface area contributed by atoms with Gasteiger partial charge in [0.05, 0.1) is 5.02 Å². The summed E-state index contributed by atoms with van der Waals surface area (Å²) < 4.78 is 13.5. The molecule has 0 aliphatic rings. The van der Waals surface area contributed by atoms with Crippen molar-refractivity contribution in [2.45, 2.75) is 0 Å². The first-order valence-corrected chi connectivity index (χ1v) is 6.03. The Hall–Kier alpha value is -0.570. The van der Waals surface area contributed by atoms with Gasteiger partial charge in [0.1, 0.15) is 5.82 Å².